The molecule has 1 atom stereocenters. The summed E-state index contributed by atoms with van der Waals surface area (Å²) in [6, 6.07) is 5.21. The third kappa shape index (κ3) is 2.50. The summed E-state index contributed by atoms with van der Waals surface area (Å²) in [6.45, 7) is 1.92. The molecule has 17 heavy (non-hydrogen) atoms. The van der Waals surface area contributed by atoms with Gasteiger partial charge in [-0.2, -0.15) is 0 Å². The number of carbonyl (C=O) groups is 1. The molecule has 92 valence electrons. The number of aliphatic hydroxyl groups is 1. The van der Waals surface area contributed by atoms with E-state index in [-0.39, 0.29) is 25.2 Å². The van der Waals surface area contributed by atoms with Crippen molar-refractivity contribution in [1.29, 1.82) is 0 Å². The van der Waals surface area contributed by atoms with Crippen molar-refractivity contribution in [3.8, 4) is 11.5 Å². The van der Waals surface area contributed by atoms with Crippen LogP contribution in [0.4, 0.5) is 5.69 Å². The van der Waals surface area contributed by atoms with Gasteiger partial charge in [-0.25, -0.2) is 0 Å². The maximum Gasteiger partial charge on any atom is 0.231 e. The Bertz CT molecular complexity index is 415. The summed E-state index contributed by atoms with van der Waals surface area (Å²) >= 11 is 0. The molecular weight excluding hydrogens is 222 g/mol. The number of hydrogen-bond acceptors (Lipinski definition) is 4. The Morgan fingerprint density at radius 3 is 2.94 bits per heavy atom. The summed E-state index contributed by atoms with van der Waals surface area (Å²) in [5.74, 6) is 0.742. The van der Waals surface area contributed by atoms with Gasteiger partial charge in [-0.15, -0.1) is 0 Å². The van der Waals surface area contributed by atoms with E-state index >= 15 is 0 Å². The number of rotatable bonds is 4. The molecule has 0 saturated heterocycles. The van der Waals surface area contributed by atoms with Crippen molar-refractivity contribution in [3.63, 3.8) is 0 Å². The van der Waals surface area contributed by atoms with Gasteiger partial charge in [-0.3, -0.25) is 4.79 Å². The minimum Gasteiger partial charge on any atom is -0.454 e. The highest BCUT2D eigenvalue weighted by atomic mass is 16.7. The van der Waals surface area contributed by atoms with E-state index in [9.17, 15) is 4.79 Å². The van der Waals surface area contributed by atoms with Crippen LogP contribution in [0.1, 0.15) is 13.3 Å². The number of nitrogens with one attached hydrogen (secondary N) is 1. The highest BCUT2D eigenvalue weighted by molar-refractivity contribution is 5.92. The first kappa shape index (κ1) is 11.7. The highest BCUT2D eigenvalue weighted by Crippen LogP contribution is 2.34. The van der Waals surface area contributed by atoms with Crippen molar-refractivity contribution in [1.82, 2.24) is 0 Å². The van der Waals surface area contributed by atoms with Gasteiger partial charge in [0.25, 0.3) is 0 Å². The molecular formula is C12H15NO4. The smallest absolute Gasteiger partial charge is 0.231 e. The number of anilines is 1. The fraction of sp³-hybridized carbons (Fsp3) is 0.417. The van der Waals surface area contributed by atoms with Gasteiger partial charge in [0.15, 0.2) is 11.5 Å². The lowest BCUT2D eigenvalue weighted by atomic mass is 10.1. The van der Waals surface area contributed by atoms with E-state index in [1.54, 1.807) is 18.2 Å². The van der Waals surface area contributed by atoms with Gasteiger partial charge in [-0.1, -0.05) is 6.92 Å². The first-order chi connectivity index (χ1) is 8.24. The Hall–Kier alpha value is -1.75. The third-order valence-electron chi connectivity index (χ3n) is 2.72. The standard InChI is InChI=1S/C12H15NO4/c1-2-8(6-14)12(15)13-9-3-4-10-11(5-9)17-7-16-10/h3-5,8,14H,2,6-7H2,1H3,(H,13,15). The lowest BCUT2D eigenvalue weighted by molar-refractivity contribution is -0.121. The molecule has 0 spiro atoms. The van der Waals surface area contributed by atoms with Gasteiger partial charge < -0.3 is 19.9 Å². The normalized spacial score (nSPS) is 14.5. The number of ether oxygens (including phenoxy) is 2. The first-order valence-corrected chi connectivity index (χ1v) is 5.56. The molecule has 0 saturated carbocycles. The van der Waals surface area contributed by atoms with Gasteiger partial charge in [0.1, 0.15) is 0 Å². The molecule has 1 aliphatic rings. The van der Waals surface area contributed by atoms with Crippen LogP contribution in [0.5, 0.6) is 11.5 Å². The molecule has 0 aliphatic carbocycles. The molecule has 5 heteroatoms. The van der Waals surface area contributed by atoms with Crippen molar-refractivity contribution in [3.05, 3.63) is 18.2 Å². The fourth-order valence-corrected chi connectivity index (χ4v) is 1.62. The Morgan fingerprint density at radius 2 is 2.24 bits per heavy atom. The molecule has 1 heterocycles. The van der Waals surface area contributed by atoms with E-state index < -0.39 is 0 Å². The van der Waals surface area contributed by atoms with Crippen LogP contribution in [-0.2, 0) is 4.79 Å². The van der Waals surface area contributed by atoms with Crippen molar-refractivity contribution < 1.29 is 19.4 Å². The second-order valence-corrected chi connectivity index (χ2v) is 3.85. The molecule has 2 N–H and O–H groups in total. The van der Waals surface area contributed by atoms with E-state index in [1.165, 1.54) is 0 Å². The molecule has 0 fully saturated rings. The Kier molecular flexibility index (Phi) is 3.49. The SMILES string of the molecule is CCC(CO)C(=O)Nc1ccc2c(c1)OCO2. The van der Waals surface area contributed by atoms with Crippen molar-refractivity contribution in [2.75, 3.05) is 18.7 Å². The number of aliphatic hydroxyl groups excluding tert-OH is 1. The number of carbonyl (C=O) groups excluding carboxylic acids is 1. The fourth-order valence-electron chi connectivity index (χ4n) is 1.62. The second-order valence-electron chi connectivity index (χ2n) is 3.85. The monoisotopic (exact) mass is 237 g/mol. The van der Waals surface area contributed by atoms with Crippen LogP contribution >= 0.6 is 0 Å². The van der Waals surface area contributed by atoms with Crippen LogP contribution in [0, 0.1) is 5.92 Å². The van der Waals surface area contributed by atoms with Gasteiger partial charge in [0.05, 0.1) is 12.5 Å². The van der Waals surface area contributed by atoms with Gasteiger partial charge in [0.2, 0.25) is 12.7 Å². The van der Waals surface area contributed by atoms with Crippen molar-refractivity contribution >= 4 is 11.6 Å². The van der Waals surface area contributed by atoms with E-state index in [2.05, 4.69) is 5.32 Å². The van der Waals surface area contributed by atoms with Crippen LogP contribution in [0.3, 0.4) is 0 Å². The number of amides is 1. The van der Waals surface area contributed by atoms with Crippen LogP contribution in [0.15, 0.2) is 18.2 Å². The topological polar surface area (TPSA) is 67.8 Å². The highest BCUT2D eigenvalue weighted by Gasteiger charge is 2.17. The Morgan fingerprint density at radius 1 is 1.47 bits per heavy atom. The largest absolute Gasteiger partial charge is 0.454 e. The zero-order valence-corrected chi connectivity index (χ0v) is 9.60. The van der Waals surface area contributed by atoms with Crippen LogP contribution < -0.4 is 14.8 Å². The molecule has 2 rings (SSSR count). The second kappa shape index (κ2) is 5.05. The predicted octanol–water partition coefficient (Wildman–Crippen LogP) is 1.37. The zero-order valence-electron chi connectivity index (χ0n) is 9.60. The quantitative estimate of drug-likeness (QED) is 0.830. The molecule has 1 amide bonds. The van der Waals surface area contributed by atoms with Gasteiger partial charge in [-0.05, 0) is 18.6 Å². The maximum absolute atomic E-state index is 11.7. The molecule has 1 unspecified atom stereocenters. The van der Waals surface area contributed by atoms with Crippen molar-refractivity contribution in [2.24, 2.45) is 5.92 Å². The van der Waals surface area contributed by atoms with Gasteiger partial charge in [0, 0.05) is 11.8 Å². The van der Waals surface area contributed by atoms with E-state index in [0.717, 1.165) is 0 Å². The molecule has 0 aromatic heterocycles. The van der Waals surface area contributed by atoms with Crippen molar-refractivity contribution in [2.45, 2.75) is 13.3 Å². The van der Waals surface area contributed by atoms with E-state index in [0.29, 0.717) is 23.6 Å². The molecule has 0 bridgehead atoms. The first-order valence-electron chi connectivity index (χ1n) is 5.56. The van der Waals surface area contributed by atoms with Crippen LogP contribution in [0.2, 0.25) is 0 Å². The third-order valence-corrected chi connectivity index (χ3v) is 2.72. The molecule has 1 aromatic rings. The minimum absolute atomic E-state index is 0.146. The Labute approximate surface area is 99.3 Å². The molecule has 1 aliphatic heterocycles. The van der Waals surface area contributed by atoms with E-state index in [4.69, 9.17) is 14.6 Å². The van der Waals surface area contributed by atoms with Gasteiger partial charge >= 0.3 is 0 Å². The molecule has 1 aromatic carbocycles. The average Bonchev–Trinajstić information content (AvgIpc) is 2.77. The lowest BCUT2D eigenvalue weighted by Crippen LogP contribution is -2.24. The minimum atomic E-state index is -0.375. The summed E-state index contributed by atoms with van der Waals surface area (Å²) < 4.78 is 10.4. The maximum atomic E-state index is 11.7. The average molecular weight is 237 g/mol. The summed E-state index contributed by atoms with van der Waals surface area (Å²) in [7, 11) is 0. The summed E-state index contributed by atoms with van der Waals surface area (Å²) in [5.41, 5.74) is 0.645. The predicted molar refractivity (Wildman–Crippen MR) is 62.1 cm³/mol. The molecule has 0 radical (unpaired) electrons. The molecule has 5 nitrogen and oxygen atoms in total. The van der Waals surface area contributed by atoms with Crippen LogP contribution in [0.25, 0.3) is 0 Å². The number of hydrogen-bond donors (Lipinski definition) is 2. The summed E-state index contributed by atoms with van der Waals surface area (Å²) in [4.78, 5) is 11.7. The Balaban J connectivity index is 2.06. The van der Waals surface area contributed by atoms with Crippen LogP contribution in [-0.4, -0.2) is 24.4 Å². The summed E-state index contributed by atoms with van der Waals surface area (Å²) in [5, 5.41) is 11.8. The van der Waals surface area contributed by atoms with E-state index in [1.807, 2.05) is 6.92 Å². The summed E-state index contributed by atoms with van der Waals surface area (Å²) in [6.07, 6.45) is 0.604. The number of fused-ring (bicyclic) bond motifs is 1. The zero-order chi connectivity index (χ0) is 12.3. The lowest BCUT2D eigenvalue weighted by Gasteiger charge is -2.12. The number of benzene rings is 1.